The van der Waals surface area contributed by atoms with Crippen LogP contribution < -0.4 is 5.32 Å². The van der Waals surface area contributed by atoms with Crippen LogP contribution in [0.1, 0.15) is 19.3 Å². The van der Waals surface area contributed by atoms with Gasteiger partial charge in [0.1, 0.15) is 5.25 Å². The first-order valence-electron chi connectivity index (χ1n) is 6.09. The van der Waals surface area contributed by atoms with Gasteiger partial charge in [0.25, 0.3) is 0 Å². The van der Waals surface area contributed by atoms with Crippen LogP contribution in [0.2, 0.25) is 0 Å². The topological polar surface area (TPSA) is 126 Å². The van der Waals surface area contributed by atoms with E-state index in [1.807, 2.05) is 0 Å². The fourth-order valence-corrected chi connectivity index (χ4v) is 5.15. The van der Waals surface area contributed by atoms with Gasteiger partial charge in [-0.3, -0.25) is 14.9 Å². The highest BCUT2D eigenvalue weighted by atomic mass is 32.2. The third kappa shape index (κ3) is 4.38. The SMILES string of the molecule is O=C(O)CSc1nnc(NC(=O)C2CCCCS2(=O)=O)s1. The largest absolute Gasteiger partial charge is 0.481 e. The van der Waals surface area contributed by atoms with Gasteiger partial charge >= 0.3 is 5.97 Å². The lowest BCUT2D eigenvalue weighted by molar-refractivity contribution is -0.133. The van der Waals surface area contributed by atoms with Gasteiger partial charge in [-0.1, -0.05) is 29.5 Å². The predicted octanol–water partition coefficient (Wildman–Crippen LogP) is 0.621. The maximum atomic E-state index is 12.0. The molecule has 1 aromatic heterocycles. The molecule has 2 N–H and O–H groups in total. The van der Waals surface area contributed by atoms with E-state index in [9.17, 15) is 18.0 Å². The molecular weight excluding hydrogens is 338 g/mol. The second-order valence-corrected chi connectivity index (χ2v) is 8.90. The van der Waals surface area contributed by atoms with Crippen molar-refractivity contribution in [3.05, 3.63) is 0 Å². The number of hydrogen-bond acceptors (Lipinski definition) is 8. The smallest absolute Gasteiger partial charge is 0.313 e. The fraction of sp³-hybridized carbons (Fsp3) is 0.600. The van der Waals surface area contributed by atoms with Crippen LogP contribution in [0, 0.1) is 0 Å². The average Bonchev–Trinajstić information content (AvgIpc) is 2.83. The third-order valence-electron chi connectivity index (χ3n) is 2.83. The van der Waals surface area contributed by atoms with E-state index < -0.39 is 27.0 Å². The van der Waals surface area contributed by atoms with Gasteiger partial charge in [0.15, 0.2) is 14.2 Å². The Morgan fingerprint density at radius 1 is 1.38 bits per heavy atom. The molecule has 21 heavy (non-hydrogen) atoms. The van der Waals surface area contributed by atoms with Crippen molar-refractivity contribution in [1.82, 2.24) is 10.2 Å². The number of aliphatic carboxylic acids is 1. The zero-order chi connectivity index (χ0) is 15.5. The maximum Gasteiger partial charge on any atom is 0.313 e. The van der Waals surface area contributed by atoms with Crippen molar-refractivity contribution < 1.29 is 23.1 Å². The van der Waals surface area contributed by atoms with Crippen molar-refractivity contribution in [3.8, 4) is 0 Å². The molecule has 1 saturated heterocycles. The van der Waals surface area contributed by atoms with E-state index in [1.54, 1.807) is 0 Å². The van der Waals surface area contributed by atoms with Crippen molar-refractivity contribution in [2.24, 2.45) is 0 Å². The molecular formula is C10H13N3O5S3. The molecule has 0 saturated carbocycles. The molecule has 1 aliphatic rings. The van der Waals surface area contributed by atoms with Crippen LogP contribution in [0.4, 0.5) is 5.13 Å². The standard InChI is InChI=1S/C10H13N3O5S3/c14-7(15)5-19-10-13-12-9(20-10)11-8(16)6-3-1-2-4-21(6,17)18/h6H,1-5H2,(H,14,15)(H,11,12,16). The minimum atomic E-state index is -3.40. The van der Waals surface area contributed by atoms with Gasteiger partial charge in [0, 0.05) is 0 Å². The number of nitrogens with zero attached hydrogens (tertiary/aromatic N) is 2. The van der Waals surface area contributed by atoms with Crippen molar-refractivity contribution in [3.63, 3.8) is 0 Å². The summed E-state index contributed by atoms with van der Waals surface area (Å²) in [5.41, 5.74) is 0. The number of carboxylic acid groups (broad SMARTS) is 1. The molecule has 2 rings (SSSR count). The van der Waals surface area contributed by atoms with Crippen LogP contribution >= 0.6 is 23.1 Å². The monoisotopic (exact) mass is 351 g/mol. The van der Waals surface area contributed by atoms with E-state index in [2.05, 4.69) is 15.5 Å². The molecule has 1 atom stereocenters. The van der Waals surface area contributed by atoms with Gasteiger partial charge in [-0.2, -0.15) is 0 Å². The van der Waals surface area contributed by atoms with E-state index in [1.165, 1.54) is 0 Å². The Labute approximate surface area is 129 Å². The van der Waals surface area contributed by atoms with Gasteiger partial charge in [-0.05, 0) is 12.8 Å². The fourth-order valence-electron chi connectivity index (χ4n) is 1.88. The van der Waals surface area contributed by atoms with Gasteiger partial charge in [-0.15, -0.1) is 10.2 Å². The first-order chi connectivity index (χ1) is 9.88. The lowest BCUT2D eigenvalue weighted by atomic mass is 10.2. The molecule has 0 spiro atoms. The number of anilines is 1. The molecule has 1 amide bonds. The van der Waals surface area contributed by atoms with E-state index in [0.29, 0.717) is 23.6 Å². The Bertz CT molecular complexity index is 642. The second-order valence-electron chi connectivity index (χ2n) is 4.40. The Hall–Kier alpha value is -1.20. The highest BCUT2D eigenvalue weighted by molar-refractivity contribution is 8.01. The van der Waals surface area contributed by atoms with E-state index >= 15 is 0 Å². The number of carbonyl (C=O) groups is 2. The average molecular weight is 351 g/mol. The van der Waals surface area contributed by atoms with Crippen LogP contribution in [-0.2, 0) is 19.4 Å². The van der Waals surface area contributed by atoms with Crippen molar-refractivity contribution in [2.45, 2.75) is 28.9 Å². The zero-order valence-corrected chi connectivity index (χ0v) is 13.3. The Kier molecular flexibility index (Phi) is 5.17. The number of nitrogens with one attached hydrogen (secondary N) is 1. The van der Waals surface area contributed by atoms with Gasteiger partial charge < -0.3 is 5.11 Å². The summed E-state index contributed by atoms with van der Waals surface area (Å²) in [7, 11) is -3.40. The number of hydrogen-bond donors (Lipinski definition) is 2. The number of sulfone groups is 1. The van der Waals surface area contributed by atoms with Crippen molar-refractivity contribution >= 4 is 49.9 Å². The quantitative estimate of drug-likeness (QED) is 0.584. The lowest BCUT2D eigenvalue weighted by Crippen LogP contribution is -2.39. The highest BCUT2D eigenvalue weighted by Gasteiger charge is 2.35. The molecule has 0 aromatic carbocycles. The minimum Gasteiger partial charge on any atom is -0.481 e. The van der Waals surface area contributed by atoms with Crippen LogP contribution in [-0.4, -0.2) is 52.4 Å². The summed E-state index contributed by atoms with van der Waals surface area (Å²) in [6, 6.07) is 0. The molecule has 1 aromatic rings. The minimum absolute atomic E-state index is 0.0287. The number of rotatable bonds is 5. The normalized spacial score (nSPS) is 20.9. The van der Waals surface area contributed by atoms with Gasteiger partial charge in [0.2, 0.25) is 11.0 Å². The zero-order valence-electron chi connectivity index (χ0n) is 10.8. The van der Waals surface area contributed by atoms with Gasteiger partial charge in [-0.25, -0.2) is 8.42 Å². The van der Waals surface area contributed by atoms with Crippen molar-refractivity contribution in [1.29, 1.82) is 0 Å². The Morgan fingerprint density at radius 2 is 2.14 bits per heavy atom. The summed E-state index contributed by atoms with van der Waals surface area (Å²) in [6.45, 7) is 0. The van der Waals surface area contributed by atoms with Crippen LogP contribution in [0.3, 0.4) is 0 Å². The molecule has 0 bridgehead atoms. The van der Waals surface area contributed by atoms with Crippen LogP contribution in [0.25, 0.3) is 0 Å². The maximum absolute atomic E-state index is 12.0. The molecule has 2 heterocycles. The van der Waals surface area contributed by atoms with E-state index in [4.69, 9.17) is 5.11 Å². The summed E-state index contributed by atoms with van der Waals surface area (Å²) in [5.74, 6) is -1.70. The lowest BCUT2D eigenvalue weighted by Gasteiger charge is -2.20. The molecule has 0 radical (unpaired) electrons. The first-order valence-corrected chi connectivity index (χ1v) is 9.61. The molecule has 1 aliphatic heterocycles. The summed E-state index contributed by atoms with van der Waals surface area (Å²) < 4.78 is 24.1. The summed E-state index contributed by atoms with van der Waals surface area (Å²) >= 11 is 2.01. The Balaban J connectivity index is 1.98. The number of thioether (sulfide) groups is 1. The molecule has 11 heteroatoms. The molecule has 1 fully saturated rings. The molecule has 8 nitrogen and oxygen atoms in total. The van der Waals surface area contributed by atoms with Crippen LogP contribution in [0.5, 0.6) is 0 Å². The third-order valence-corrected chi connectivity index (χ3v) is 6.96. The first kappa shape index (κ1) is 16.2. The number of aromatic nitrogens is 2. The molecule has 1 unspecified atom stereocenters. The summed E-state index contributed by atoms with van der Waals surface area (Å²) in [5, 5.41) is 17.6. The van der Waals surface area contributed by atoms with Crippen LogP contribution in [0.15, 0.2) is 4.34 Å². The van der Waals surface area contributed by atoms with E-state index in [0.717, 1.165) is 23.1 Å². The van der Waals surface area contributed by atoms with Gasteiger partial charge in [0.05, 0.1) is 11.5 Å². The number of carboxylic acids is 1. The second kappa shape index (κ2) is 6.71. The summed E-state index contributed by atoms with van der Waals surface area (Å²) in [6.07, 6.45) is 1.60. The highest BCUT2D eigenvalue weighted by Crippen LogP contribution is 2.26. The predicted molar refractivity (Wildman–Crippen MR) is 78.3 cm³/mol. The molecule has 0 aliphatic carbocycles. The number of carbonyl (C=O) groups excluding carboxylic acids is 1. The summed E-state index contributed by atoms with van der Waals surface area (Å²) in [4.78, 5) is 22.4. The van der Waals surface area contributed by atoms with E-state index in [-0.39, 0.29) is 16.6 Å². The molecule has 116 valence electrons. The number of amides is 1. The van der Waals surface area contributed by atoms with Crippen molar-refractivity contribution in [2.75, 3.05) is 16.8 Å². The Morgan fingerprint density at radius 3 is 2.81 bits per heavy atom.